The predicted octanol–water partition coefficient (Wildman–Crippen LogP) is 3.42. The first-order chi connectivity index (χ1) is 10.3. The summed E-state index contributed by atoms with van der Waals surface area (Å²) in [4.78, 5) is 2.32. The van der Waals surface area contributed by atoms with Gasteiger partial charge in [0.25, 0.3) is 0 Å². The minimum atomic E-state index is -0.309. The number of ether oxygens (including phenoxy) is 1. The van der Waals surface area contributed by atoms with Crippen molar-refractivity contribution < 1.29 is 9.13 Å². The van der Waals surface area contributed by atoms with Crippen molar-refractivity contribution in [3.8, 4) is 0 Å². The Morgan fingerprint density at radius 2 is 1.76 bits per heavy atom. The first kappa shape index (κ1) is 17.9. The van der Waals surface area contributed by atoms with Crippen LogP contribution in [0.15, 0.2) is 24.3 Å². The minimum absolute atomic E-state index is 0.0146. The van der Waals surface area contributed by atoms with Gasteiger partial charge in [-0.15, -0.1) is 0 Å². The number of alkyl halides is 1. The lowest BCUT2D eigenvalue weighted by molar-refractivity contribution is 0.122. The summed E-state index contributed by atoms with van der Waals surface area (Å²) in [6, 6.07) is 8.51. The molecule has 1 saturated heterocycles. The standard InChI is InChI=1S/C15H23FN2O.C2H6/c1-12(11-16)15(17-2)13-3-5-14(6-4-13)18-7-9-19-10-8-18;1-2/h3-6,12,15,17H,7-11H2,1-2H3;1-2H3. The van der Waals surface area contributed by atoms with Gasteiger partial charge in [-0.1, -0.05) is 32.9 Å². The van der Waals surface area contributed by atoms with Gasteiger partial charge in [0.05, 0.1) is 19.9 Å². The third kappa shape index (κ3) is 4.97. The van der Waals surface area contributed by atoms with E-state index in [9.17, 15) is 4.39 Å². The van der Waals surface area contributed by atoms with Crippen molar-refractivity contribution in [3.63, 3.8) is 0 Å². The molecule has 0 spiro atoms. The summed E-state index contributed by atoms with van der Waals surface area (Å²) in [6.45, 7) is 9.08. The van der Waals surface area contributed by atoms with Crippen LogP contribution in [0.3, 0.4) is 0 Å². The zero-order valence-electron chi connectivity index (χ0n) is 13.7. The molecule has 2 rings (SSSR count). The van der Waals surface area contributed by atoms with E-state index in [0.29, 0.717) is 0 Å². The molecule has 0 radical (unpaired) electrons. The van der Waals surface area contributed by atoms with Crippen LogP contribution in [0.5, 0.6) is 0 Å². The van der Waals surface area contributed by atoms with Gasteiger partial charge < -0.3 is 15.0 Å². The molecule has 4 heteroatoms. The van der Waals surface area contributed by atoms with E-state index in [-0.39, 0.29) is 18.6 Å². The van der Waals surface area contributed by atoms with Crippen LogP contribution in [0.25, 0.3) is 0 Å². The molecule has 1 aromatic rings. The lowest BCUT2D eigenvalue weighted by atomic mass is 9.95. The van der Waals surface area contributed by atoms with Crippen LogP contribution in [-0.2, 0) is 4.74 Å². The van der Waals surface area contributed by atoms with E-state index in [4.69, 9.17) is 4.74 Å². The van der Waals surface area contributed by atoms with Gasteiger partial charge in [-0.2, -0.15) is 0 Å². The first-order valence-corrected chi connectivity index (χ1v) is 7.92. The highest BCUT2D eigenvalue weighted by atomic mass is 19.1. The Morgan fingerprint density at radius 1 is 1.19 bits per heavy atom. The van der Waals surface area contributed by atoms with Crippen LogP contribution in [0.4, 0.5) is 10.1 Å². The quantitative estimate of drug-likeness (QED) is 0.901. The number of hydrogen-bond donors (Lipinski definition) is 1. The Morgan fingerprint density at radius 3 is 2.24 bits per heavy atom. The van der Waals surface area contributed by atoms with E-state index < -0.39 is 0 Å². The fraction of sp³-hybridized carbons (Fsp3) is 0.647. The summed E-state index contributed by atoms with van der Waals surface area (Å²) in [7, 11) is 1.88. The van der Waals surface area contributed by atoms with Gasteiger partial charge in [-0.05, 0) is 24.7 Å². The van der Waals surface area contributed by atoms with Crippen molar-refractivity contribution in [2.45, 2.75) is 26.8 Å². The van der Waals surface area contributed by atoms with Crippen LogP contribution in [0.1, 0.15) is 32.4 Å². The lowest BCUT2D eigenvalue weighted by Crippen LogP contribution is -2.36. The smallest absolute Gasteiger partial charge is 0.0938 e. The molecule has 3 nitrogen and oxygen atoms in total. The molecular weight excluding hydrogens is 267 g/mol. The van der Waals surface area contributed by atoms with E-state index in [1.165, 1.54) is 5.69 Å². The SMILES string of the molecule is CC.CNC(c1ccc(N2CCOCC2)cc1)C(C)CF. The first-order valence-electron chi connectivity index (χ1n) is 7.92. The summed E-state index contributed by atoms with van der Waals surface area (Å²) in [5, 5.41) is 3.19. The van der Waals surface area contributed by atoms with Crippen molar-refractivity contribution in [2.24, 2.45) is 5.92 Å². The highest BCUT2D eigenvalue weighted by molar-refractivity contribution is 5.48. The fourth-order valence-corrected chi connectivity index (χ4v) is 2.58. The van der Waals surface area contributed by atoms with E-state index in [1.54, 1.807) is 0 Å². The van der Waals surface area contributed by atoms with Crippen molar-refractivity contribution in [2.75, 3.05) is 44.9 Å². The monoisotopic (exact) mass is 296 g/mol. The number of benzene rings is 1. The number of halogens is 1. The number of rotatable bonds is 5. The zero-order valence-corrected chi connectivity index (χ0v) is 13.7. The Hall–Kier alpha value is -1.13. The summed E-state index contributed by atoms with van der Waals surface area (Å²) < 4.78 is 18.2. The second-order valence-corrected chi connectivity index (χ2v) is 5.09. The van der Waals surface area contributed by atoms with Gasteiger partial charge in [-0.3, -0.25) is 4.39 Å². The van der Waals surface area contributed by atoms with Crippen molar-refractivity contribution in [1.29, 1.82) is 0 Å². The maximum atomic E-state index is 12.8. The molecule has 21 heavy (non-hydrogen) atoms. The maximum absolute atomic E-state index is 12.8. The van der Waals surface area contributed by atoms with Crippen molar-refractivity contribution >= 4 is 5.69 Å². The van der Waals surface area contributed by atoms with Crippen molar-refractivity contribution in [3.05, 3.63) is 29.8 Å². The normalized spacial score (nSPS) is 17.7. The minimum Gasteiger partial charge on any atom is -0.378 e. The summed E-state index contributed by atoms with van der Waals surface area (Å²) in [6.07, 6.45) is 0. The summed E-state index contributed by atoms with van der Waals surface area (Å²) in [5.41, 5.74) is 2.36. The Bertz CT molecular complexity index is 377. The van der Waals surface area contributed by atoms with Crippen LogP contribution in [0.2, 0.25) is 0 Å². The molecule has 0 amide bonds. The number of anilines is 1. The van der Waals surface area contributed by atoms with Gasteiger partial charge in [-0.25, -0.2) is 0 Å². The van der Waals surface area contributed by atoms with Gasteiger partial charge in [0.15, 0.2) is 0 Å². The summed E-state index contributed by atoms with van der Waals surface area (Å²) in [5.74, 6) is -0.0146. The van der Waals surface area contributed by atoms with Crippen molar-refractivity contribution in [1.82, 2.24) is 5.32 Å². The topological polar surface area (TPSA) is 24.5 Å². The predicted molar refractivity (Wildman–Crippen MR) is 87.8 cm³/mol. The number of nitrogens with zero attached hydrogens (tertiary/aromatic N) is 1. The van der Waals surface area contributed by atoms with Gasteiger partial charge in [0.1, 0.15) is 0 Å². The lowest BCUT2D eigenvalue weighted by Gasteiger charge is -2.29. The largest absolute Gasteiger partial charge is 0.378 e. The second kappa shape index (κ2) is 9.74. The van der Waals surface area contributed by atoms with Gasteiger partial charge in [0.2, 0.25) is 0 Å². The average Bonchev–Trinajstić information content (AvgIpc) is 2.58. The molecule has 1 heterocycles. The van der Waals surface area contributed by atoms with E-state index in [2.05, 4.69) is 34.5 Å². The number of nitrogens with one attached hydrogen (secondary N) is 1. The van der Waals surface area contributed by atoms with Gasteiger partial charge in [0, 0.05) is 30.7 Å². The highest BCUT2D eigenvalue weighted by Gasteiger charge is 2.18. The third-order valence-electron chi connectivity index (χ3n) is 3.75. The van der Waals surface area contributed by atoms with E-state index >= 15 is 0 Å². The fourth-order valence-electron chi connectivity index (χ4n) is 2.58. The molecule has 0 saturated carbocycles. The maximum Gasteiger partial charge on any atom is 0.0938 e. The number of morpholine rings is 1. The number of hydrogen-bond acceptors (Lipinski definition) is 3. The summed E-state index contributed by atoms with van der Waals surface area (Å²) >= 11 is 0. The molecule has 1 aliphatic heterocycles. The van der Waals surface area contributed by atoms with Crippen LogP contribution in [0, 0.1) is 5.92 Å². The molecule has 2 unspecified atom stereocenters. The molecule has 0 bridgehead atoms. The molecule has 1 aliphatic rings. The molecule has 120 valence electrons. The molecule has 1 aromatic carbocycles. The van der Waals surface area contributed by atoms with E-state index in [0.717, 1.165) is 31.9 Å². The Balaban J connectivity index is 0.00000106. The van der Waals surface area contributed by atoms with E-state index in [1.807, 2.05) is 27.8 Å². The third-order valence-corrected chi connectivity index (χ3v) is 3.75. The van der Waals surface area contributed by atoms with Crippen LogP contribution < -0.4 is 10.2 Å². The Kier molecular flexibility index (Phi) is 8.31. The molecule has 1 N–H and O–H groups in total. The second-order valence-electron chi connectivity index (χ2n) is 5.09. The van der Waals surface area contributed by atoms with Crippen LogP contribution in [-0.4, -0.2) is 40.0 Å². The zero-order chi connectivity index (χ0) is 15.7. The molecular formula is C17H29FN2O. The average molecular weight is 296 g/mol. The molecule has 0 aliphatic carbocycles. The molecule has 0 aromatic heterocycles. The van der Waals surface area contributed by atoms with Crippen LogP contribution >= 0.6 is 0 Å². The molecule has 2 atom stereocenters. The molecule has 1 fully saturated rings. The Labute approximate surface area is 128 Å². The highest BCUT2D eigenvalue weighted by Crippen LogP contribution is 2.25. The van der Waals surface area contributed by atoms with Gasteiger partial charge >= 0.3 is 0 Å².